The van der Waals surface area contributed by atoms with E-state index >= 15 is 0 Å². The van der Waals surface area contributed by atoms with Gasteiger partial charge in [-0.3, -0.25) is 13.9 Å². The molecule has 0 fully saturated rings. The van der Waals surface area contributed by atoms with Crippen molar-refractivity contribution in [1.82, 2.24) is 0 Å². The van der Waals surface area contributed by atoms with Crippen molar-refractivity contribution in [3.05, 3.63) is 84.9 Å². The molecule has 0 aliphatic rings. The largest absolute Gasteiger partial charge is 0.398 e. The molecule has 0 saturated carbocycles. The predicted octanol–water partition coefficient (Wildman–Crippen LogP) is 6.10. The van der Waals surface area contributed by atoms with Gasteiger partial charge in [0.1, 0.15) is 0 Å². The molecule has 0 atom stereocenters. The fourth-order valence-corrected chi connectivity index (χ4v) is 5.26. The molecule has 0 heterocycles. The van der Waals surface area contributed by atoms with Gasteiger partial charge in [0, 0.05) is 99.0 Å². The molecule has 0 spiro atoms. The first-order valence-corrected chi connectivity index (χ1v) is 15.2. The van der Waals surface area contributed by atoms with Crippen LogP contribution >= 0.6 is 0 Å². The van der Waals surface area contributed by atoms with E-state index in [-0.39, 0.29) is 86.2 Å². The molecule has 1 amide bonds. The zero-order chi connectivity index (χ0) is 30.9. The number of azo groups is 2. The first kappa shape index (κ1) is 36.4. The maximum absolute atomic E-state index is 11.9. The van der Waals surface area contributed by atoms with Crippen LogP contribution in [0.5, 0.6) is 0 Å². The number of benzene rings is 5. The van der Waals surface area contributed by atoms with Crippen LogP contribution in [0.15, 0.2) is 115 Å². The van der Waals surface area contributed by atoms with Gasteiger partial charge < -0.3 is 11.1 Å². The standard InChI is InChI=1S/C28H22N6O7S2.2Na/c1-16(35)30-17-2-4-18(5-3-17)31-32-28-13-12-26(22-9-7-20(15-24(22)28)43(39,40)41)33-34-27-11-10-25(29)21-8-6-19(14-23(21)27)42(36,37)38;;/h2-15H,29H2,1H3,(H,30,35)(H,36,37,38)(H,39,40,41);;. The van der Waals surface area contributed by atoms with Crippen molar-refractivity contribution in [3.8, 4) is 0 Å². The van der Waals surface area contributed by atoms with Crippen LogP contribution in [-0.4, -0.2) is 91.0 Å². The summed E-state index contributed by atoms with van der Waals surface area (Å²) < 4.78 is 66.3. The number of nitrogens with one attached hydrogen (secondary N) is 1. The normalized spacial score (nSPS) is 11.9. The number of carbonyl (C=O) groups excluding carboxylic acids is 1. The number of amides is 1. The number of hydrogen-bond donors (Lipinski definition) is 4. The molecule has 0 aliphatic carbocycles. The van der Waals surface area contributed by atoms with Crippen LogP contribution in [0.2, 0.25) is 0 Å². The van der Waals surface area contributed by atoms with Gasteiger partial charge in [0.15, 0.2) is 0 Å². The molecule has 0 aromatic heterocycles. The number of nitrogens with zero attached hydrogens (tertiary/aromatic N) is 4. The Labute approximate surface area is 302 Å². The second-order valence-electron chi connectivity index (χ2n) is 9.27. The van der Waals surface area contributed by atoms with Gasteiger partial charge in [-0.2, -0.15) is 21.9 Å². The van der Waals surface area contributed by atoms with Gasteiger partial charge in [0.25, 0.3) is 20.2 Å². The summed E-state index contributed by atoms with van der Waals surface area (Å²) in [5, 5.41) is 21.2. The van der Waals surface area contributed by atoms with Crippen molar-refractivity contribution >= 4 is 141 Å². The molecular weight excluding hydrogens is 642 g/mol. The molecule has 0 saturated heterocycles. The zero-order valence-corrected chi connectivity index (χ0v) is 29.8. The summed E-state index contributed by atoms with van der Waals surface area (Å²) in [5.41, 5.74) is 8.25. The smallest absolute Gasteiger partial charge is 0.294 e. The van der Waals surface area contributed by atoms with E-state index in [1.54, 1.807) is 36.4 Å². The summed E-state index contributed by atoms with van der Waals surface area (Å²) in [6, 6.07) is 20.6. The predicted molar refractivity (Wildman–Crippen MR) is 173 cm³/mol. The van der Waals surface area contributed by atoms with E-state index in [2.05, 4.69) is 25.8 Å². The fourth-order valence-electron chi connectivity index (χ4n) is 4.25. The van der Waals surface area contributed by atoms with Gasteiger partial charge in [0.05, 0.1) is 32.5 Å². The number of rotatable bonds is 7. The summed E-state index contributed by atoms with van der Waals surface area (Å²) in [6.07, 6.45) is 0. The van der Waals surface area contributed by atoms with Crippen molar-refractivity contribution in [1.29, 1.82) is 0 Å². The van der Waals surface area contributed by atoms with Gasteiger partial charge in [-0.25, -0.2) is 0 Å². The summed E-state index contributed by atoms with van der Waals surface area (Å²) >= 11 is 0. The summed E-state index contributed by atoms with van der Waals surface area (Å²) in [6.45, 7) is 1.39. The molecule has 0 aliphatic heterocycles. The van der Waals surface area contributed by atoms with Gasteiger partial charge in [-0.1, -0.05) is 12.1 Å². The topological polar surface area (TPSA) is 213 Å². The van der Waals surface area contributed by atoms with Crippen LogP contribution in [0.25, 0.3) is 21.5 Å². The molecule has 0 unspecified atom stereocenters. The quantitative estimate of drug-likeness (QED) is 0.0689. The van der Waals surface area contributed by atoms with Crippen molar-refractivity contribution in [2.75, 3.05) is 11.1 Å². The second kappa shape index (κ2) is 14.6. The van der Waals surface area contributed by atoms with Crippen molar-refractivity contribution in [3.63, 3.8) is 0 Å². The SMILES string of the molecule is CC(=O)Nc1ccc(N=Nc2ccc(N=Nc3ccc(N)c4ccc(S(=O)(=O)O)cc34)c3ccc(S(=O)(=O)O)cc23)cc1.[Na].[Na]. The average Bonchev–Trinajstić information content (AvgIpc) is 2.95. The number of carbonyl (C=O) groups is 1. The first-order valence-electron chi connectivity index (χ1n) is 12.3. The van der Waals surface area contributed by atoms with Crippen LogP contribution in [0.1, 0.15) is 6.92 Å². The average molecular weight is 665 g/mol. The molecule has 220 valence electrons. The molecular formula is C28H22N6Na2O7S2. The maximum Gasteiger partial charge on any atom is 0.294 e. The van der Waals surface area contributed by atoms with Gasteiger partial charge in [-0.15, -0.1) is 15.3 Å². The summed E-state index contributed by atoms with van der Waals surface area (Å²) in [4.78, 5) is 10.5. The Balaban J connectivity index is 0.00000276. The summed E-state index contributed by atoms with van der Waals surface area (Å²) in [7, 11) is -9.04. The number of fused-ring (bicyclic) bond motifs is 2. The van der Waals surface area contributed by atoms with Crippen LogP contribution in [0, 0.1) is 0 Å². The third-order valence-corrected chi connectivity index (χ3v) is 7.96. The minimum absolute atomic E-state index is 0. The minimum Gasteiger partial charge on any atom is -0.398 e. The van der Waals surface area contributed by atoms with Gasteiger partial charge in [0.2, 0.25) is 5.91 Å². The Hall–Kier alpha value is -3.09. The van der Waals surface area contributed by atoms with Gasteiger partial charge in [-0.05, 0) is 72.8 Å². The molecule has 17 heteroatoms. The first-order chi connectivity index (χ1) is 20.3. The van der Waals surface area contributed by atoms with E-state index < -0.39 is 20.2 Å². The Morgan fingerprint density at radius 1 is 0.622 bits per heavy atom. The molecule has 5 aromatic rings. The molecule has 45 heavy (non-hydrogen) atoms. The van der Waals surface area contributed by atoms with E-state index in [0.29, 0.717) is 44.3 Å². The van der Waals surface area contributed by atoms with E-state index in [9.17, 15) is 30.7 Å². The van der Waals surface area contributed by atoms with E-state index in [1.165, 1.54) is 55.5 Å². The van der Waals surface area contributed by atoms with Crippen LogP contribution in [0.3, 0.4) is 0 Å². The van der Waals surface area contributed by atoms with E-state index in [1.807, 2.05) is 0 Å². The number of nitrogen functional groups attached to an aromatic ring is 1. The van der Waals surface area contributed by atoms with Crippen LogP contribution < -0.4 is 11.1 Å². The van der Waals surface area contributed by atoms with Gasteiger partial charge >= 0.3 is 0 Å². The van der Waals surface area contributed by atoms with Crippen LogP contribution in [-0.2, 0) is 25.0 Å². The van der Waals surface area contributed by atoms with Crippen LogP contribution in [0.4, 0.5) is 34.1 Å². The number of anilines is 2. The van der Waals surface area contributed by atoms with Crippen molar-refractivity contribution < 1.29 is 30.7 Å². The third kappa shape index (κ3) is 8.59. The number of nitrogens with two attached hydrogens (primary N) is 1. The zero-order valence-electron chi connectivity index (χ0n) is 24.2. The molecule has 0 bridgehead atoms. The monoisotopic (exact) mass is 664 g/mol. The Morgan fingerprint density at radius 2 is 1.07 bits per heavy atom. The molecule has 13 nitrogen and oxygen atoms in total. The second-order valence-corrected chi connectivity index (χ2v) is 12.1. The third-order valence-electron chi connectivity index (χ3n) is 6.26. The Kier molecular flexibility index (Phi) is 11.8. The number of hydrogen-bond acceptors (Lipinski definition) is 10. The minimum atomic E-state index is -4.55. The van der Waals surface area contributed by atoms with Crippen molar-refractivity contribution in [2.24, 2.45) is 20.5 Å². The van der Waals surface area contributed by atoms with Crippen molar-refractivity contribution in [2.45, 2.75) is 16.7 Å². The maximum atomic E-state index is 11.9. The Morgan fingerprint density at radius 3 is 1.58 bits per heavy atom. The van der Waals surface area contributed by atoms with E-state index in [4.69, 9.17) is 5.73 Å². The molecule has 5 aromatic carbocycles. The van der Waals surface area contributed by atoms with E-state index in [0.717, 1.165) is 0 Å². The Bertz CT molecular complexity index is 2210. The fraction of sp³-hybridized carbons (Fsp3) is 0.0357. The molecule has 2 radical (unpaired) electrons. The molecule has 5 rings (SSSR count). The summed E-state index contributed by atoms with van der Waals surface area (Å²) in [5.74, 6) is -0.222. The molecule has 5 N–H and O–H groups in total.